The van der Waals surface area contributed by atoms with Gasteiger partial charge in [-0.15, -0.1) is 11.3 Å². The molecular formula is C18H22ClN3O3S2. The maximum absolute atomic E-state index is 12.4. The third-order valence-corrected chi connectivity index (χ3v) is 7.00. The van der Waals surface area contributed by atoms with Gasteiger partial charge in [0.15, 0.2) is 5.13 Å². The van der Waals surface area contributed by atoms with E-state index in [1.54, 1.807) is 5.38 Å². The number of sulfonamides is 1. The minimum atomic E-state index is -3.73. The highest BCUT2D eigenvalue weighted by atomic mass is 35.5. The molecule has 146 valence electrons. The number of benzene rings is 1. The molecule has 0 spiro atoms. The SMILES string of the molecule is O=C(Cc1csc(NS(=O)(=O)c2ccc(Cl)cc2)n1)NC1CCCCCC1. The molecule has 1 aliphatic rings. The molecular weight excluding hydrogens is 406 g/mol. The van der Waals surface area contributed by atoms with Crippen LogP contribution in [0.1, 0.15) is 44.2 Å². The summed E-state index contributed by atoms with van der Waals surface area (Å²) in [4.78, 5) is 16.6. The van der Waals surface area contributed by atoms with Crippen LogP contribution in [0.25, 0.3) is 0 Å². The lowest BCUT2D eigenvalue weighted by Crippen LogP contribution is -2.35. The molecule has 1 aromatic carbocycles. The standard InChI is InChI=1S/C18H22ClN3O3S2/c19-13-7-9-16(10-8-13)27(24,25)22-18-21-15(12-26-18)11-17(23)20-14-5-3-1-2-4-6-14/h7-10,12,14H,1-6,11H2,(H,20,23)(H,21,22). The molecule has 9 heteroatoms. The van der Waals surface area contributed by atoms with Crippen molar-refractivity contribution in [1.82, 2.24) is 10.3 Å². The highest BCUT2D eigenvalue weighted by Gasteiger charge is 2.18. The molecule has 0 atom stereocenters. The molecule has 1 saturated carbocycles. The molecule has 1 aliphatic carbocycles. The van der Waals surface area contributed by atoms with Crippen LogP contribution in [0.4, 0.5) is 5.13 Å². The van der Waals surface area contributed by atoms with Crippen LogP contribution in [0.5, 0.6) is 0 Å². The molecule has 1 fully saturated rings. The second-order valence-electron chi connectivity index (χ2n) is 6.64. The zero-order valence-corrected chi connectivity index (χ0v) is 17.2. The van der Waals surface area contributed by atoms with Crippen LogP contribution in [0.3, 0.4) is 0 Å². The Labute approximate surface area is 168 Å². The summed E-state index contributed by atoms with van der Waals surface area (Å²) in [6.07, 6.45) is 6.96. The predicted octanol–water partition coefficient (Wildman–Crippen LogP) is 3.98. The van der Waals surface area contributed by atoms with Crippen molar-refractivity contribution in [3.8, 4) is 0 Å². The average Bonchev–Trinajstić information content (AvgIpc) is 2.88. The number of amides is 1. The zero-order chi connectivity index (χ0) is 19.3. The Morgan fingerprint density at radius 2 is 1.81 bits per heavy atom. The Balaban J connectivity index is 1.57. The number of carbonyl (C=O) groups excluding carboxylic acids is 1. The Bertz CT molecular complexity index is 874. The van der Waals surface area contributed by atoms with Crippen LogP contribution in [0.2, 0.25) is 5.02 Å². The lowest BCUT2D eigenvalue weighted by atomic mass is 10.1. The van der Waals surface area contributed by atoms with E-state index in [9.17, 15) is 13.2 Å². The van der Waals surface area contributed by atoms with E-state index in [2.05, 4.69) is 15.0 Å². The Kier molecular flexibility index (Phi) is 6.73. The topological polar surface area (TPSA) is 88.2 Å². The number of nitrogens with zero attached hydrogens (tertiary/aromatic N) is 1. The number of hydrogen-bond donors (Lipinski definition) is 2. The summed E-state index contributed by atoms with van der Waals surface area (Å²) in [6.45, 7) is 0. The number of anilines is 1. The van der Waals surface area contributed by atoms with E-state index in [-0.39, 0.29) is 28.4 Å². The van der Waals surface area contributed by atoms with Gasteiger partial charge in [0.25, 0.3) is 10.0 Å². The molecule has 6 nitrogen and oxygen atoms in total. The maximum Gasteiger partial charge on any atom is 0.263 e. The van der Waals surface area contributed by atoms with E-state index < -0.39 is 10.0 Å². The third-order valence-electron chi connectivity index (χ3n) is 4.46. The molecule has 1 aromatic heterocycles. The third kappa shape index (κ3) is 5.92. The minimum Gasteiger partial charge on any atom is -0.353 e. The predicted molar refractivity (Wildman–Crippen MR) is 108 cm³/mol. The van der Waals surface area contributed by atoms with E-state index in [4.69, 9.17) is 11.6 Å². The van der Waals surface area contributed by atoms with Gasteiger partial charge in [-0.3, -0.25) is 9.52 Å². The second-order valence-corrected chi connectivity index (χ2v) is 9.61. The first-order valence-electron chi connectivity index (χ1n) is 8.94. The van der Waals surface area contributed by atoms with Crippen molar-refractivity contribution in [2.75, 3.05) is 4.72 Å². The van der Waals surface area contributed by atoms with Crippen LogP contribution in [-0.2, 0) is 21.2 Å². The molecule has 3 rings (SSSR count). The number of halogens is 1. The summed E-state index contributed by atoms with van der Waals surface area (Å²) in [5, 5.41) is 5.47. The second kappa shape index (κ2) is 9.03. The van der Waals surface area contributed by atoms with Crippen LogP contribution >= 0.6 is 22.9 Å². The Morgan fingerprint density at radius 1 is 1.15 bits per heavy atom. The average molecular weight is 428 g/mol. The lowest BCUT2D eigenvalue weighted by Gasteiger charge is -2.15. The first kappa shape index (κ1) is 20.1. The summed E-state index contributed by atoms with van der Waals surface area (Å²) < 4.78 is 27.2. The van der Waals surface area contributed by atoms with Crippen LogP contribution in [0, 0.1) is 0 Å². The van der Waals surface area contributed by atoms with E-state index in [0.29, 0.717) is 10.7 Å². The molecule has 0 saturated heterocycles. The number of carbonyl (C=O) groups is 1. The van der Waals surface area contributed by atoms with E-state index in [1.165, 1.54) is 37.1 Å². The van der Waals surface area contributed by atoms with Gasteiger partial charge in [0, 0.05) is 16.4 Å². The van der Waals surface area contributed by atoms with Gasteiger partial charge in [-0.25, -0.2) is 13.4 Å². The monoisotopic (exact) mass is 427 g/mol. The number of hydrogen-bond acceptors (Lipinski definition) is 5. The van der Waals surface area contributed by atoms with E-state index >= 15 is 0 Å². The van der Waals surface area contributed by atoms with E-state index in [1.807, 2.05) is 0 Å². The van der Waals surface area contributed by atoms with Crippen molar-refractivity contribution in [1.29, 1.82) is 0 Å². The van der Waals surface area contributed by atoms with Gasteiger partial charge in [0.1, 0.15) is 0 Å². The number of aromatic nitrogens is 1. The molecule has 0 bridgehead atoms. The molecule has 2 N–H and O–H groups in total. The fourth-order valence-electron chi connectivity index (χ4n) is 3.09. The van der Waals surface area contributed by atoms with Gasteiger partial charge in [-0.05, 0) is 37.1 Å². The smallest absolute Gasteiger partial charge is 0.263 e. The molecule has 0 aliphatic heterocycles. The van der Waals surface area contributed by atoms with Gasteiger partial charge >= 0.3 is 0 Å². The first-order chi connectivity index (χ1) is 12.9. The fourth-order valence-corrected chi connectivity index (χ4v) is 5.18. The lowest BCUT2D eigenvalue weighted by molar-refractivity contribution is -0.121. The number of thiazole rings is 1. The van der Waals surface area contributed by atoms with Crippen LogP contribution in [-0.4, -0.2) is 25.4 Å². The van der Waals surface area contributed by atoms with Crippen molar-refractivity contribution >= 4 is 44.0 Å². The molecule has 0 unspecified atom stereocenters. The normalized spacial score (nSPS) is 15.9. The zero-order valence-electron chi connectivity index (χ0n) is 14.8. The fraction of sp³-hybridized carbons (Fsp3) is 0.444. The van der Waals surface area contributed by atoms with Crippen LogP contribution in [0.15, 0.2) is 34.5 Å². The summed E-state index contributed by atoms with van der Waals surface area (Å²) >= 11 is 6.95. The van der Waals surface area contributed by atoms with E-state index in [0.717, 1.165) is 37.0 Å². The molecule has 1 amide bonds. The summed E-state index contributed by atoms with van der Waals surface area (Å²) in [5.41, 5.74) is 0.555. The Hall–Kier alpha value is -1.64. The van der Waals surface area contributed by atoms with Crippen molar-refractivity contribution in [2.45, 2.75) is 55.9 Å². The van der Waals surface area contributed by atoms with Gasteiger partial charge in [0.05, 0.1) is 17.0 Å². The summed E-state index contributed by atoms with van der Waals surface area (Å²) in [6, 6.07) is 6.13. The first-order valence-corrected chi connectivity index (χ1v) is 11.7. The van der Waals surface area contributed by atoms with Crippen LogP contribution < -0.4 is 10.0 Å². The summed E-state index contributed by atoms with van der Waals surface area (Å²) in [5.74, 6) is -0.0701. The van der Waals surface area contributed by atoms with Crippen molar-refractivity contribution < 1.29 is 13.2 Å². The number of nitrogens with one attached hydrogen (secondary N) is 2. The van der Waals surface area contributed by atoms with Gasteiger partial charge in [-0.1, -0.05) is 37.3 Å². The quantitative estimate of drug-likeness (QED) is 0.682. The molecule has 1 heterocycles. The van der Waals surface area contributed by atoms with Crippen molar-refractivity contribution in [2.24, 2.45) is 0 Å². The molecule has 2 aromatic rings. The molecule has 27 heavy (non-hydrogen) atoms. The van der Waals surface area contributed by atoms with Gasteiger partial charge < -0.3 is 5.32 Å². The summed E-state index contributed by atoms with van der Waals surface area (Å²) in [7, 11) is -3.73. The highest BCUT2D eigenvalue weighted by Crippen LogP contribution is 2.22. The van der Waals surface area contributed by atoms with Crippen molar-refractivity contribution in [3.63, 3.8) is 0 Å². The minimum absolute atomic E-state index is 0.0701. The maximum atomic E-state index is 12.4. The largest absolute Gasteiger partial charge is 0.353 e. The van der Waals surface area contributed by atoms with Gasteiger partial charge in [0.2, 0.25) is 5.91 Å². The molecule has 0 radical (unpaired) electrons. The Morgan fingerprint density at radius 3 is 2.48 bits per heavy atom. The van der Waals surface area contributed by atoms with Gasteiger partial charge in [-0.2, -0.15) is 0 Å². The highest BCUT2D eigenvalue weighted by molar-refractivity contribution is 7.93. The number of rotatable bonds is 6. The van der Waals surface area contributed by atoms with Crippen molar-refractivity contribution in [3.05, 3.63) is 40.4 Å².